The minimum absolute atomic E-state index is 0.0264. The highest BCUT2D eigenvalue weighted by atomic mass is 31.2. The number of phosphoric acid groups is 1. The van der Waals surface area contributed by atoms with Gasteiger partial charge in [-0.2, -0.15) is 0 Å². The molecule has 2 aliphatic heterocycles. The third-order valence-electron chi connectivity index (χ3n) is 17.0. The van der Waals surface area contributed by atoms with E-state index in [1.807, 2.05) is 0 Å². The van der Waals surface area contributed by atoms with Gasteiger partial charge in [0.1, 0.15) is 54.9 Å². The molecule has 0 bridgehead atoms. The fraction of sp³-hybridized carbons (Fsp3) is 0.941. The van der Waals surface area contributed by atoms with Gasteiger partial charge in [0, 0.05) is 35.2 Å². The van der Waals surface area contributed by atoms with Crippen LogP contribution in [0.15, 0.2) is 12.2 Å². The number of allylic oxidation sites excluding steroid dienone is 2. The Bertz CT molecular complexity index is 1790. The van der Waals surface area contributed by atoms with E-state index in [0.717, 1.165) is 154 Å². The molecule has 1 amide bonds. The Morgan fingerprint density at radius 1 is 0.598 bits per heavy atom. The molecule has 514 valence electrons. The molecule has 0 aromatic heterocycles. The van der Waals surface area contributed by atoms with Crippen molar-refractivity contribution in [2.75, 3.05) is 47.2 Å². The molecule has 2 saturated heterocycles. The van der Waals surface area contributed by atoms with Crippen LogP contribution in [0.2, 0.25) is 0 Å². The van der Waals surface area contributed by atoms with Gasteiger partial charge in [0.05, 0.1) is 20.7 Å². The van der Waals surface area contributed by atoms with Gasteiger partial charge in [-0.05, 0) is 57.8 Å². The van der Waals surface area contributed by atoms with Crippen LogP contribution in [0.5, 0.6) is 0 Å². The summed E-state index contributed by atoms with van der Waals surface area (Å²) >= 11 is 0. The summed E-state index contributed by atoms with van der Waals surface area (Å²) in [6.07, 6.45) is 30.3. The van der Waals surface area contributed by atoms with E-state index in [-0.39, 0.29) is 38.6 Å². The van der Waals surface area contributed by atoms with Crippen LogP contribution in [-0.4, -0.2) is 151 Å². The van der Waals surface area contributed by atoms with Gasteiger partial charge < -0.3 is 68.3 Å². The molecule has 0 aromatic carbocycles. The van der Waals surface area contributed by atoms with Crippen molar-refractivity contribution in [2.45, 2.75) is 364 Å². The lowest BCUT2D eigenvalue weighted by Gasteiger charge is -2.50. The number of hydrogen-bond donors (Lipinski definition) is 6. The third-order valence-corrected chi connectivity index (χ3v) is 17.5. The fourth-order valence-corrected chi connectivity index (χ4v) is 12.4. The van der Waals surface area contributed by atoms with E-state index >= 15 is 0 Å². The standard InChI is InChI=1S/C68H130NO17P/c1-7-11-15-19-22-25-28-29-30-31-32-33-36-40-44-48-59(70)69-61-64(80-52-49-56(79-6)47-43-39-18-14-10-4)63(86-87(75,76)77)58(53-78-5)84-66(61)82-54-57-62(73)65(81-51-46-42-38-35-27-24-21-17-13-9-3)68(74,67(85-57)83-55-60(71)72)50-45-41-37-34-26-23-20-16-12-8-2/h25,28,56-58,61-67,73-74H,7-24,26-27,29-55H2,1-6H3,(H,69,70)(H,71,72)(H2,75,76,77)/b28-25+/t56-,57-,58-,61-,62-,63-,64-,65+,66-,67?,68-/m1/s1/i50D,51D/t50?,51?,56-,57-,58-,61-,62-,63-,64-,65+,66-,67?,68-. The van der Waals surface area contributed by atoms with Crippen molar-refractivity contribution in [1.82, 2.24) is 5.32 Å². The van der Waals surface area contributed by atoms with E-state index in [1.54, 1.807) is 7.11 Å². The van der Waals surface area contributed by atoms with Crippen molar-refractivity contribution in [3.8, 4) is 0 Å². The summed E-state index contributed by atoms with van der Waals surface area (Å²) in [6.45, 7) is 5.76. The molecule has 19 heteroatoms. The molecule has 0 radical (unpaired) electrons. The smallest absolute Gasteiger partial charge is 0.470 e. The van der Waals surface area contributed by atoms with E-state index in [1.165, 1.54) is 71.3 Å². The van der Waals surface area contributed by atoms with E-state index < -0.39 is 107 Å². The van der Waals surface area contributed by atoms with Crippen molar-refractivity contribution in [3.05, 3.63) is 12.2 Å². The molecule has 0 saturated carbocycles. The molecule has 2 heterocycles. The molecule has 18 nitrogen and oxygen atoms in total. The number of aliphatic hydroxyl groups is 2. The molecule has 6 N–H and O–H groups in total. The molecular formula is C68H130NO17P. The summed E-state index contributed by atoms with van der Waals surface area (Å²) in [5.41, 5.74) is -2.46. The number of ether oxygens (including phenoxy) is 8. The van der Waals surface area contributed by atoms with E-state index in [4.69, 9.17) is 43.8 Å². The number of carboxylic acid groups (broad SMARTS) is 1. The van der Waals surface area contributed by atoms with Gasteiger partial charge in [0.25, 0.3) is 0 Å². The fourth-order valence-electron chi connectivity index (χ4n) is 11.8. The Labute approximate surface area is 531 Å². The maximum absolute atomic E-state index is 14.2. The second-order valence-electron chi connectivity index (χ2n) is 24.8. The van der Waals surface area contributed by atoms with Crippen LogP contribution >= 0.6 is 7.82 Å². The number of aliphatic hydroxyl groups excluding tert-OH is 1. The van der Waals surface area contributed by atoms with Crippen molar-refractivity contribution >= 4 is 19.7 Å². The maximum atomic E-state index is 14.2. The number of aliphatic carboxylic acids is 1. The van der Waals surface area contributed by atoms with E-state index in [0.29, 0.717) is 25.7 Å². The number of methoxy groups -OCH3 is 2. The van der Waals surface area contributed by atoms with Crippen LogP contribution < -0.4 is 5.32 Å². The van der Waals surface area contributed by atoms with Crippen molar-refractivity contribution < 1.29 is 84.4 Å². The first-order chi connectivity index (χ1) is 43.0. The Morgan fingerprint density at radius 2 is 1.09 bits per heavy atom. The van der Waals surface area contributed by atoms with Crippen LogP contribution in [0.4, 0.5) is 0 Å². The zero-order valence-corrected chi connectivity index (χ0v) is 56.4. The summed E-state index contributed by atoms with van der Waals surface area (Å²) in [6, 6.07) is -1.29. The Morgan fingerprint density at radius 3 is 1.61 bits per heavy atom. The SMILES string of the molecule is [2H]C(CCCCCCCCCCC)O[C@H]1[C@H](O)[C@@H](CO[C@@H]2O[C@H](COC)[C@@H](OP(=O)(O)O)[C@H](OCC[C@@H](CCCCCCC)OC)[C@H]2NC(=O)CCCCCCCCC/C=C/CCCCCC)OC(OCC(=O)O)[C@@]1(O)C([2H])CCCCCCCCCCC. The average Bonchev–Trinajstić information content (AvgIpc) is 1.02. The highest BCUT2D eigenvalue weighted by Gasteiger charge is 2.57. The first kappa shape index (κ1) is 77.8. The van der Waals surface area contributed by atoms with Crippen LogP contribution in [0.1, 0.15) is 300 Å². The number of carbonyl (C=O) groups is 2. The number of amides is 1. The lowest BCUT2D eigenvalue weighted by molar-refractivity contribution is -0.356. The van der Waals surface area contributed by atoms with Gasteiger partial charge in [-0.25, -0.2) is 9.36 Å². The Balaban J connectivity index is 2.51. The molecule has 13 atom stereocenters. The summed E-state index contributed by atoms with van der Waals surface area (Å²) in [7, 11) is -2.25. The first-order valence-corrected chi connectivity index (χ1v) is 36.5. The quantitative estimate of drug-likeness (QED) is 0.0188. The molecular weight excluding hydrogens is 1130 g/mol. The normalized spacial score (nSPS) is 24.9. The van der Waals surface area contributed by atoms with E-state index in [9.17, 15) is 40.6 Å². The van der Waals surface area contributed by atoms with Crippen LogP contribution in [0.25, 0.3) is 0 Å². The molecule has 0 aromatic rings. The molecule has 2 aliphatic rings. The Kier molecular flexibility index (Phi) is 47.3. The molecule has 2 rings (SSSR count). The minimum Gasteiger partial charge on any atom is -0.480 e. The summed E-state index contributed by atoms with van der Waals surface area (Å²) in [5.74, 6) is -1.78. The number of rotatable bonds is 60. The van der Waals surface area contributed by atoms with Gasteiger partial charge in [-0.15, -0.1) is 0 Å². The average molecular weight is 1270 g/mol. The van der Waals surface area contributed by atoms with E-state index in [2.05, 4.69) is 45.2 Å². The van der Waals surface area contributed by atoms with Crippen molar-refractivity contribution in [3.63, 3.8) is 0 Å². The first-order valence-electron chi connectivity index (χ1n) is 36.1. The number of carbonyl (C=O) groups excluding carboxylic acids is 1. The zero-order chi connectivity index (χ0) is 65.4. The highest BCUT2D eigenvalue weighted by molar-refractivity contribution is 7.46. The number of hydrogen-bond acceptors (Lipinski definition) is 14. The van der Waals surface area contributed by atoms with Gasteiger partial charge in [-0.1, -0.05) is 245 Å². The zero-order valence-electron chi connectivity index (χ0n) is 57.5. The summed E-state index contributed by atoms with van der Waals surface area (Å²) in [4.78, 5) is 47.1. The van der Waals surface area contributed by atoms with Gasteiger partial charge in [0.15, 0.2) is 12.6 Å². The lowest BCUT2D eigenvalue weighted by atomic mass is 9.82. The second-order valence-corrected chi connectivity index (χ2v) is 25.9. The largest absolute Gasteiger partial charge is 0.480 e. The Hall–Kier alpha value is -1.61. The second kappa shape index (κ2) is 52.8. The van der Waals surface area contributed by atoms with Gasteiger partial charge in [0.2, 0.25) is 5.91 Å². The number of phosphoric ester groups is 1. The monoisotopic (exact) mass is 1270 g/mol. The van der Waals surface area contributed by atoms with Gasteiger partial charge in [-0.3, -0.25) is 9.32 Å². The number of carboxylic acids is 1. The third kappa shape index (κ3) is 38.2. The maximum Gasteiger partial charge on any atom is 0.470 e. The predicted octanol–water partition coefficient (Wildman–Crippen LogP) is 15.1. The van der Waals surface area contributed by atoms with Crippen LogP contribution in [-0.2, 0) is 56.6 Å². The van der Waals surface area contributed by atoms with Crippen molar-refractivity contribution in [2.24, 2.45) is 0 Å². The summed E-state index contributed by atoms with van der Waals surface area (Å²) < 4.78 is 86.3. The van der Waals surface area contributed by atoms with Crippen LogP contribution in [0, 0.1) is 0 Å². The summed E-state index contributed by atoms with van der Waals surface area (Å²) in [5, 5.41) is 38.2. The predicted molar refractivity (Wildman–Crippen MR) is 345 cm³/mol. The van der Waals surface area contributed by atoms with Gasteiger partial charge >= 0.3 is 13.8 Å². The molecule has 0 aliphatic carbocycles. The molecule has 0 spiro atoms. The molecule has 87 heavy (non-hydrogen) atoms. The number of unbranched alkanes of at least 4 members (excludes halogenated alkanes) is 31. The topological polar surface area (TPSA) is 247 Å². The number of nitrogens with one attached hydrogen (secondary N) is 1. The van der Waals surface area contributed by atoms with Crippen LogP contribution in [0.3, 0.4) is 0 Å². The lowest BCUT2D eigenvalue weighted by Crippen LogP contribution is -2.69. The minimum atomic E-state index is -5.26. The molecule has 2 fully saturated rings. The molecule has 3 unspecified atom stereocenters. The highest BCUT2D eigenvalue weighted by Crippen LogP contribution is 2.43. The van der Waals surface area contributed by atoms with Crippen molar-refractivity contribution in [1.29, 1.82) is 0 Å².